The van der Waals surface area contributed by atoms with Crippen LogP contribution in [0.2, 0.25) is 0 Å². The lowest BCUT2D eigenvalue weighted by atomic mass is 10.2. The molecule has 1 aliphatic rings. The van der Waals surface area contributed by atoms with E-state index in [1.54, 1.807) is 19.1 Å². The molecule has 0 spiro atoms. The van der Waals surface area contributed by atoms with Gasteiger partial charge in [0.2, 0.25) is 0 Å². The van der Waals surface area contributed by atoms with Crippen molar-refractivity contribution in [2.45, 2.75) is 24.8 Å². The van der Waals surface area contributed by atoms with E-state index in [4.69, 9.17) is 0 Å². The van der Waals surface area contributed by atoms with Crippen molar-refractivity contribution in [3.05, 3.63) is 88.2 Å². The van der Waals surface area contributed by atoms with Crippen LogP contribution in [0, 0.1) is 11.6 Å². The van der Waals surface area contributed by atoms with Gasteiger partial charge in [-0.2, -0.15) is 4.99 Å². The fourth-order valence-electron chi connectivity index (χ4n) is 4.11. The molecule has 6 nitrogen and oxygen atoms in total. The number of hydrogen-bond acceptors (Lipinski definition) is 4. The summed E-state index contributed by atoms with van der Waals surface area (Å²) in [6.45, 7) is 2.47. The molecular formula is C24H19F2N3O3S2. The number of para-hydroxylation sites is 1. The van der Waals surface area contributed by atoms with Gasteiger partial charge in [-0.25, -0.2) is 17.2 Å². The first-order valence-corrected chi connectivity index (χ1v) is 12.8. The molecule has 0 aliphatic carbocycles. The first kappa shape index (κ1) is 22.4. The van der Waals surface area contributed by atoms with E-state index >= 15 is 0 Å². The number of aryl methyl sites for hydroxylation is 1. The van der Waals surface area contributed by atoms with E-state index in [0.29, 0.717) is 29.9 Å². The first-order chi connectivity index (χ1) is 16.3. The molecule has 0 N–H and O–H groups in total. The van der Waals surface area contributed by atoms with Gasteiger partial charge in [-0.15, -0.1) is 0 Å². The van der Waals surface area contributed by atoms with E-state index in [1.165, 1.54) is 39.2 Å². The summed E-state index contributed by atoms with van der Waals surface area (Å²) in [5.41, 5.74) is 2.01. The Balaban J connectivity index is 1.47. The third-order valence-electron chi connectivity index (χ3n) is 5.74. The van der Waals surface area contributed by atoms with Crippen molar-refractivity contribution in [1.82, 2.24) is 4.57 Å². The number of halogens is 2. The van der Waals surface area contributed by atoms with Crippen molar-refractivity contribution in [1.29, 1.82) is 0 Å². The lowest BCUT2D eigenvalue weighted by Gasteiger charge is -2.19. The Labute approximate surface area is 198 Å². The van der Waals surface area contributed by atoms with Gasteiger partial charge >= 0.3 is 0 Å². The topological polar surface area (TPSA) is 71.7 Å². The molecule has 34 heavy (non-hydrogen) atoms. The standard InChI is InChI=1S/C24H19F2N3O3S2/c1-2-28-22-19(26)13-17(25)14-21(22)33-24(28)27-23(30)16-7-9-18(10-8-16)34(31,32)29-12-11-15-5-3-4-6-20(15)29/h3-10,13-14H,2,11-12H2,1H3. The molecule has 1 aromatic heterocycles. The van der Waals surface area contributed by atoms with Gasteiger partial charge < -0.3 is 4.57 Å². The van der Waals surface area contributed by atoms with Crippen molar-refractivity contribution in [2.24, 2.45) is 4.99 Å². The second-order valence-corrected chi connectivity index (χ2v) is 10.6. The quantitative estimate of drug-likeness (QED) is 0.415. The van der Waals surface area contributed by atoms with Crippen LogP contribution in [0.3, 0.4) is 0 Å². The molecule has 0 saturated carbocycles. The Morgan fingerprint density at radius 2 is 1.82 bits per heavy atom. The molecule has 1 amide bonds. The van der Waals surface area contributed by atoms with Crippen molar-refractivity contribution < 1.29 is 22.0 Å². The van der Waals surface area contributed by atoms with Crippen LogP contribution in [-0.2, 0) is 23.0 Å². The van der Waals surface area contributed by atoms with Gasteiger partial charge in [0.15, 0.2) is 10.6 Å². The summed E-state index contributed by atoms with van der Waals surface area (Å²) < 4.78 is 57.5. The average molecular weight is 500 g/mol. The van der Waals surface area contributed by atoms with Crippen LogP contribution in [0.1, 0.15) is 22.8 Å². The lowest BCUT2D eigenvalue weighted by Crippen LogP contribution is -2.29. The number of amides is 1. The van der Waals surface area contributed by atoms with Crippen LogP contribution < -0.4 is 9.11 Å². The number of anilines is 1. The van der Waals surface area contributed by atoms with Crippen LogP contribution >= 0.6 is 11.3 Å². The van der Waals surface area contributed by atoms with Gasteiger partial charge in [0.25, 0.3) is 15.9 Å². The molecule has 174 valence electrons. The van der Waals surface area contributed by atoms with E-state index < -0.39 is 27.6 Å². The van der Waals surface area contributed by atoms with Crippen molar-refractivity contribution >= 4 is 43.2 Å². The molecule has 0 saturated heterocycles. The maximum atomic E-state index is 14.3. The predicted octanol–water partition coefficient (Wildman–Crippen LogP) is 4.49. The predicted molar refractivity (Wildman–Crippen MR) is 126 cm³/mol. The van der Waals surface area contributed by atoms with Crippen LogP contribution in [0.4, 0.5) is 14.5 Å². The van der Waals surface area contributed by atoms with Gasteiger partial charge in [-0.3, -0.25) is 9.10 Å². The lowest BCUT2D eigenvalue weighted by molar-refractivity contribution is 0.0997. The molecule has 1 aliphatic heterocycles. The maximum Gasteiger partial charge on any atom is 0.279 e. The number of thiazole rings is 1. The molecule has 0 bridgehead atoms. The van der Waals surface area contributed by atoms with E-state index in [2.05, 4.69) is 4.99 Å². The fraction of sp³-hybridized carbons (Fsp3) is 0.167. The molecule has 0 radical (unpaired) electrons. The smallest absolute Gasteiger partial charge is 0.279 e. The zero-order valence-electron chi connectivity index (χ0n) is 18.0. The van der Waals surface area contributed by atoms with E-state index in [9.17, 15) is 22.0 Å². The largest absolute Gasteiger partial charge is 0.314 e. The number of benzene rings is 3. The highest BCUT2D eigenvalue weighted by molar-refractivity contribution is 7.92. The number of fused-ring (bicyclic) bond motifs is 2. The molecule has 0 atom stereocenters. The molecule has 5 rings (SSSR count). The number of nitrogens with zero attached hydrogens (tertiary/aromatic N) is 3. The molecule has 3 aromatic carbocycles. The maximum absolute atomic E-state index is 14.3. The number of carbonyl (C=O) groups is 1. The molecule has 0 fully saturated rings. The summed E-state index contributed by atoms with van der Waals surface area (Å²) in [6.07, 6.45) is 0.641. The number of carbonyl (C=O) groups excluding carboxylic acids is 1. The van der Waals surface area contributed by atoms with E-state index in [0.717, 1.165) is 23.0 Å². The third-order valence-corrected chi connectivity index (χ3v) is 8.60. The van der Waals surface area contributed by atoms with Gasteiger partial charge in [0, 0.05) is 24.7 Å². The number of aromatic nitrogens is 1. The number of hydrogen-bond donors (Lipinski definition) is 0. The normalized spacial score (nSPS) is 14.1. The Kier molecular flexibility index (Phi) is 5.57. The molecular weight excluding hydrogens is 480 g/mol. The first-order valence-electron chi connectivity index (χ1n) is 10.6. The van der Waals surface area contributed by atoms with Gasteiger partial charge in [-0.05, 0) is 55.3 Å². The highest BCUT2D eigenvalue weighted by Gasteiger charge is 2.30. The SMILES string of the molecule is CCn1c(=NC(=O)c2ccc(S(=O)(=O)N3CCc4ccccc43)cc2)sc2cc(F)cc(F)c21. The second kappa shape index (κ2) is 8.44. The highest BCUT2D eigenvalue weighted by Crippen LogP contribution is 2.32. The Bertz CT molecular complexity index is 1610. The summed E-state index contributed by atoms with van der Waals surface area (Å²) in [5, 5.41) is 0. The molecule has 0 unspecified atom stereocenters. The minimum absolute atomic E-state index is 0.0729. The van der Waals surface area contributed by atoms with Crippen LogP contribution in [-0.4, -0.2) is 25.4 Å². The Morgan fingerprint density at radius 3 is 2.56 bits per heavy atom. The monoisotopic (exact) mass is 499 g/mol. The van der Waals surface area contributed by atoms with Crippen molar-refractivity contribution in [2.75, 3.05) is 10.8 Å². The van der Waals surface area contributed by atoms with Gasteiger partial charge in [-0.1, -0.05) is 29.5 Å². The van der Waals surface area contributed by atoms with E-state index in [1.807, 2.05) is 12.1 Å². The second-order valence-electron chi connectivity index (χ2n) is 7.76. The van der Waals surface area contributed by atoms with Gasteiger partial charge in [0.05, 0.1) is 20.8 Å². The zero-order chi connectivity index (χ0) is 24.0. The Morgan fingerprint density at radius 1 is 1.09 bits per heavy atom. The Hall–Kier alpha value is -3.37. The minimum atomic E-state index is -3.78. The van der Waals surface area contributed by atoms with Crippen LogP contribution in [0.25, 0.3) is 10.2 Å². The van der Waals surface area contributed by atoms with Crippen LogP contribution in [0.15, 0.2) is 70.6 Å². The highest BCUT2D eigenvalue weighted by atomic mass is 32.2. The van der Waals surface area contributed by atoms with Crippen molar-refractivity contribution in [3.8, 4) is 0 Å². The summed E-state index contributed by atoms with van der Waals surface area (Å²) in [6, 6.07) is 14.9. The number of rotatable bonds is 4. The molecule has 4 aromatic rings. The molecule has 10 heteroatoms. The fourth-order valence-corrected chi connectivity index (χ4v) is 6.75. The summed E-state index contributed by atoms with van der Waals surface area (Å²) in [4.78, 5) is 17.2. The summed E-state index contributed by atoms with van der Waals surface area (Å²) in [5.74, 6) is -2.03. The third kappa shape index (κ3) is 3.72. The summed E-state index contributed by atoms with van der Waals surface area (Å²) in [7, 11) is -3.78. The molecule has 2 heterocycles. The van der Waals surface area contributed by atoms with Crippen molar-refractivity contribution in [3.63, 3.8) is 0 Å². The number of sulfonamides is 1. The zero-order valence-corrected chi connectivity index (χ0v) is 19.7. The van der Waals surface area contributed by atoms with Crippen LogP contribution in [0.5, 0.6) is 0 Å². The van der Waals surface area contributed by atoms with Gasteiger partial charge in [0.1, 0.15) is 5.82 Å². The summed E-state index contributed by atoms with van der Waals surface area (Å²) >= 11 is 1.01. The average Bonchev–Trinajstić information content (AvgIpc) is 3.40. The van der Waals surface area contributed by atoms with E-state index in [-0.39, 0.29) is 20.8 Å². The minimum Gasteiger partial charge on any atom is -0.314 e.